The van der Waals surface area contributed by atoms with Gasteiger partial charge in [0.2, 0.25) is 5.78 Å². The zero-order valence-corrected chi connectivity index (χ0v) is 45.2. The Morgan fingerprint density at radius 2 is 1.15 bits per heavy atom. The van der Waals surface area contributed by atoms with Crippen molar-refractivity contribution in [3.8, 4) is 10.7 Å². The molecule has 328 valence electrons. The molecule has 12 nitrogen and oxygen atoms in total. The summed E-state index contributed by atoms with van der Waals surface area (Å²) in [6, 6.07) is 31.1. The van der Waals surface area contributed by atoms with E-state index >= 15 is 0 Å². The number of aryl methyl sites for hydroxylation is 2. The van der Waals surface area contributed by atoms with Gasteiger partial charge in [0.25, 0.3) is 0 Å². The van der Waals surface area contributed by atoms with Gasteiger partial charge in [-0.2, -0.15) is 10.2 Å². The quantitative estimate of drug-likeness (QED) is 0.132. The number of halogens is 5. The minimum absolute atomic E-state index is 0.0214. The van der Waals surface area contributed by atoms with Gasteiger partial charge in [-0.25, -0.2) is 29.4 Å². The zero-order valence-electron chi connectivity index (χ0n) is 34.0. The number of nitrogen functional groups attached to an aromatic ring is 1. The molecule has 11 rings (SSSR count). The van der Waals surface area contributed by atoms with Gasteiger partial charge in [-0.1, -0.05) is 40.2 Å². The number of thiazole rings is 4. The minimum Gasteiger partial charge on any atom is -0.382 e. The third-order valence-corrected chi connectivity index (χ3v) is 17.1. The topological polar surface area (TPSA) is 168 Å². The van der Waals surface area contributed by atoms with E-state index in [2.05, 4.69) is 120 Å². The van der Waals surface area contributed by atoms with Crippen LogP contribution in [0.3, 0.4) is 0 Å². The molecule has 0 unspecified atom stereocenters. The van der Waals surface area contributed by atoms with Gasteiger partial charge in [0, 0.05) is 24.8 Å². The summed E-state index contributed by atoms with van der Waals surface area (Å²) in [7, 11) is 0. The zero-order chi connectivity index (χ0) is 46.2. The summed E-state index contributed by atoms with van der Waals surface area (Å²) in [6.45, 7) is 5.37. The highest BCUT2D eigenvalue weighted by Gasteiger charge is 2.14. The van der Waals surface area contributed by atoms with Crippen LogP contribution in [0.25, 0.3) is 57.2 Å². The van der Waals surface area contributed by atoms with Crippen LogP contribution in [-0.2, 0) is 0 Å². The number of ketones is 2. The molecule has 0 atom stereocenters. The number of aromatic nitrogens is 9. The third kappa shape index (κ3) is 12.4. The Kier molecular flexibility index (Phi) is 16.8. The van der Waals surface area contributed by atoms with E-state index < -0.39 is 0 Å². The van der Waals surface area contributed by atoms with Crippen LogP contribution in [-0.4, -0.2) is 61.6 Å². The number of imidazole rings is 1. The monoisotopic (exact) mass is 1250 g/mol. The number of rotatable bonds is 4. The van der Waals surface area contributed by atoms with Gasteiger partial charge in [-0.15, -0.1) is 50.4 Å². The molecule has 0 saturated heterocycles. The van der Waals surface area contributed by atoms with E-state index in [4.69, 9.17) is 5.73 Å². The van der Waals surface area contributed by atoms with E-state index in [1.165, 1.54) is 34.3 Å². The van der Waals surface area contributed by atoms with Gasteiger partial charge in [0.1, 0.15) is 16.5 Å². The van der Waals surface area contributed by atoms with Crippen LogP contribution in [0.4, 0.5) is 5.82 Å². The first-order valence-corrected chi connectivity index (χ1v) is 26.5. The van der Waals surface area contributed by atoms with Crippen molar-refractivity contribution < 1.29 is 9.59 Å². The summed E-state index contributed by atoms with van der Waals surface area (Å²) in [4.78, 5) is 44.3. The Morgan fingerprint density at radius 1 is 0.615 bits per heavy atom. The number of fused-ring (bicyclic) bond motifs is 5. The second kappa shape index (κ2) is 22.4. The number of anilines is 1. The molecule has 11 aromatic rings. The normalized spacial score (nSPS) is 10.7. The lowest BCUT2D eigenvalue weighted by Gasteiger charge is -1.91. The SMILES string of the molecule is Brc1cccc2ncsc12.CC(=O)c1nc2cccc(Br)c2s1.Cc1ccc(N)nn1.Cc1ccc2nc(-c3nc4cccc(Br)c4s3)cn2n1.O=C(CBr)c1nc2cccc(Br)c2s1. The summed E-state index contributed by atoms with van der Waals surface area (Å²) in [5.41, 5.74) is 14.5. The Bertz CT molecular complexity index is 3420. The number of Topliss-reactive ketones (excluding diaryl/α,β-unsaturated/α-hetero) is 2. The lowest BCUT2D eigenvalue weighted by atomic mass is 10.3. The average molecular weight is 1260 g/mol. The standard InChI is InChI=1S/C14H9BrN4S.C9H5Br2NOS.C9H6BrNOS.C7H4BrNS.C5H7N3/c1-8-5-6-12-16-11(7-19(12)18-8)14-17-10-4-2-3-9(15)13(10)20-14;10-4-7(13)9-12-6-3-1-2-5(11)8(6)14-9;1-5(12)9-11-7-4-2-3-6(10)8(7)13-9;8-5-2-1-3-6-7(5)10-4-9-6;1-4-2-3-5(6)8-7-4/h2-7H,1H3;1-3H,4H2;2-4H,1H3;1-4H;2-3H,1H3,(H2,6,8). The lowest BCUT2D eigenvalue weighted by Crippen LogP contribution is -1.97. The second-order valence-corrected chi connectivity index (χ2v) is 21.2. The molecule has 0 aliphatic carbocycles. The van der Waals surface area contributed by atoms with Crippen LogP contribution in [0.1, 0.15) is 37.9 Å². The van der Waals surface area contributed by atoms with E-state index in [9.17, 15) is 9.59 Å². The highest BCUT2D eigenvalue weighted by atomic mass is 79.9. The molecule has 0 amide bonds. The molecule has 65 heavy (non-hydrogen) atoms. The Labute approximate surface area is 429 Å². The fourth-order valence-electron chi connectivity index (χ4n) is 5.52. The highest BCUT2D eigenvalue weighted by molar-refractivity contribution is 9.11. The van der Waals surface area contributed by atoms with Gasteiger partial charge in [-0.3, -0.25) is 9.59 Å². The maximum atomic E-state index is 11.4. The van der Waals surface area contributed by atoms with E-state index in [1.807, 2.05) is 117 Å². The number of nitrogens with zero attached hydrogens (tertiary/aromatic N) is 9. The molecule has 7 aromatic heterocycles. The largest absolute Gasteiger partial charge is 0.382 e. The maximum absolute atomic E-state index is 11.4. The minimum atomic E-state index is 0.0214. The Hall–Kier alpha value is -4.32. The molecule has 21 heteroatoms. The van der Waals surface area contributed by atoms with Crippen molar-refractivity contribution in [2.75, 3.05) is 11.1 Å². The summed E-state index contributed by atoms with van der Waals surface area (Å²) in [6.07, 6.45) is 1.92. The number of hydrogen-bond acceptors (Lipinski definition) is 15. The van der Waals surface area contributed by atoms with Crippen molar-refractivity contribution in [1.29, 1.82) is 0 Å². The fraction of sp³-hybridized carbons (Fsp3) is 0.0909. The van der Waals surface area contributed by atoms with Gasteiger partial charge in [0.15, 0.2) is 21.4 Å². The fourth-order valence-corrected chi connectivity index (χ4v) is 11.8. The third-order valence-electron chi connectivity index (χ3n) is 8.56. The van der Waals surface area contributed by atoms with Crippen molar-refractivity contribution >= 4 is 189 Å². The van der Waals surface area contributed by atoms with E-state index in [0.717, 1.165) is 81.8 Å². The van der Waals surface area contributed by atoms with Crippen LogP contribution in [0.2, 0.25) is 0 Å². The van der Waals surface area contributed by atoms with Crippen molar-refractivity contribution in [2.24, 2.45) is 0 Å². The smallest absolute Gasteiger partial charge is 0.201 e. The van der Waals surface area contributed by atoms with Crippen molar-refractivity contribution in [3.63, 3.8) is 0 Å². The number of hydrogen-bond donors (Lipinski definition) is 1. The number of nitrogens with two attached hydrogens (primary N) is 1. The van der Waals surface area contributed by atoms with Crippen LogP contribution < -0.4 is 5.73 Å². The molecular weight excluding hydrogens is 1230 g/mol. The van der Waals surface area contributed by atoms with Crippen LogP contribution in [0.15, 0.2) is 127 Å². The predicted octanol–water partition coefficient (Wildman–Crippen LogP) is 14.4. The molecule has 0 aliphatic rings. The molecule has 7 heterocycles. The van der Waals surface area contributed by atoms with Gasteiger partial charge in [0.05, 0.1) is 69.3 Å². The summed E-state index contributed by atoms with van der Waals surface area (Å²) >= 11 is 23.1. The number of carbonyl (C=O) groups is 2. The second-order valence-electron chi connectivity index (χ2n) is 13.4. The predicted molar refractivity (Wildman–Crippen MR) is 285 cm³/mol. The summed E-state index contributed by atoms with van der Waals surface area (Å²) in [5.74, 6) is 0.516. The number of carbonyl (C=O) groups excluding carboxylic acids is 2. The molecule has 0 aliphatic heterocycles. The number of benzene rings is 4. The van der Waals surface area contributed by atoms with Crippen molar-refractivity contribution in [2.45, 2.75) is 20.8 Å². The molecule has 0 saturated carbocycles. The first kappa shape index (κ1) is 48.6. The molecular formula is C44H31Br5N10O2S4. The maximum Gasteiger partial charge on any atom is 0.201 e. The molecule has 0 spiro atoms. The molecule has 0 fully saturated rings. The summed E-state index contributed by atoms with van der Waals surface area (Å²) in [5, 5.41) is 14.1. The molecule has 0 radical (unpaired) electrons. The van der Waals surface area contributed by atoms with Gasteiger partial charge in [-0.05, 0) is 150 Å². The van der Waals surface area contributed by atoms with Crippen LogP contribution in [0.5, 0.6) is 0 Å². The number of alkyl halides is 1. The van der Waals surface area contributed by atoms with Crippen LogP contribution in [0, 0.1) is 13.8 Å². The van der Waals surface area contributed by atoms with Crippen LogP contribution >= 0.6 is 125 Å². The Balaban J connectivity index is 0.000000126. The van der Waals surface area contributed by atoms with Crippen molar-refractivity contribution in [1.82, 2.24) is 44.7 Å². The average Bonchev–Trinajstić information content (AvgIpc) is 4.15. The Morgan fingerprint density at radius 3 is 1.68 bits per heavy atom. The molecule has 4 aromatic carbocycles. The van der Waals surface area contributed by atoms with E-state index in [-0.39, 0.29) is 11.6 Å². The molecule has 0 bridgehead atoms. The van der Waals surface area contributed by atoms with Gasteiger partial charge >= 0.3 is 0 Å². The highest BCUT2D eigenvalue weighted by Crippen LogP contribution is 2.35. The first-order chi connectivity index (χ1) is 31.3. The van der Waals surface area contributed by atoms with Gasteiger partial charge < -0.3 is 5.73 Å². The summed E-state index contributed by atoms with van der Waals surface area (Å²) < 4.78 is 10.4. The van der Waals surface area contributed by atoms with E-state index in [0.29, 0.717) is 21.2 Å². The van der Waals surface area contributed by atoms with Crippen molar-refractivity contribution in [3.05, 3.63) is 148 Å². The first-order valence-electron chi connectivity index (χ1n) is 18.9. The molecule has 2 N–H and O–H groups in total. The lowest BCUT2D eigenvalue weighted by molar-refractivity contribution is 0.101. The van der Waals surface area contributed by atoms with E-state index in [1.54, 1.807) is 33.3 Å².